The number of nitrogens with one attached hydrogen (secondary N) is 1. The molecule has 4 aromatic carbocycles. The van der Waals surface area contributed by atoms with Crippen LogP contribution in [0.2, 0.25) is 0 Å². The van der Waals surface area contributed by atoms with E-state index in [9.17, 15) is 29.8 Å². The third-order valence-electron chi connectivity index (χ3n) is 8.82. The van der Waals surface area contributed by atoms with Crippen LogP contribution in [0.3, 0.4) is 0 Å². The quantitative estimate of drug-likeness (QED) is 0.139. The number of hydrazone groups is 1. The van der Waals surface area contributed by atoms with Gasteiger partial charge in [-0.15, -0.1) is 0 Å². The molecule has 2 bridgehead atoms. The van der Waals surface area contributed by atoms with Gasteiger partial charge in [0, 0.05) is 18.2 Å². The van der Waals surface area contributed by atoms with Gasteiger partial charge in [0.15, 0.2) is 0 Å². The lowest BCUT2D eigenvalue weighted by atomic mass is 9.47. The molecule has 0 saturated carbocycles. The van der Waals surface area contributed by atoms with Gasteiger partial charge in [-0.3, -0.25) is 35.2 Å². The molecule has 1 heterocycles. The van der Waals surface area contributed by atoms with Gasteiger partial charge >= 0.3 is 5.69 Å². The van der Waals surface area contributed by atoms with E-state index in [-0.39, 0.29) is 23.4 Å². The minimum absolute atomic E-state index is 0.0547. The number of imide groups is 1. The standard InChI is InChI=1S/C32H23N5O6/c1-18-10-12-19(13-11-18)35-30(38)28-27-21-6-2-4-8-23(21)32(29(28)31(35)39,24-9-5-3-7-22(24)27)17-33-34-25-15-14-20(36(40)41)16-26(25)37(42)43/h2-17,27-29,34H,1H3/b33-17+. The second-order valence-electron chi connectivity index (χ2n) is 11.0. The predicted molar refractivity (Wildman–Crippen MR) is 158 cm³/mol. The van der Waals surface area contributed by atoms with Crippen LogP contribution < -0.4 is 10.3 Å². The van der Waals surface area contributed by atoms with Crippen molar-refractivity contribution < 1.29 is 19.4 Å². The largest absolute Gasteiger partial charge is 0.301 e. The van der Waals surface area contributed by atoms with Crippen molar-refractivity contribution in [1.29, 1.82) is 0 Å². The highest BCUT2D eigenvalue weighted by atomic mass is 16.6. The van der Waals surface area contributed by atoms with Gasteiger partial charge in [0.05, 0.1) is 38.9 Å². The number of amides is 2. The van der Waals surface area contributed by atoms with Crippen LogP contribution in [0.25, 0.3) is 0 Å². The van der Waals surface area contributed by atoms with E-state index >= 15 is 0 Å². The molecule has 4 aromatic rings. The average molecular weight is 574 g/mol. The fourth-order valence-corrected chi connectivity index (χ4v) is 7.08. The minimum atomic E-state index is -1.18. The zero-order valence-electron chi connectivity index (χ0n) is 22.7. The number of carbonyl (C=O) groups excluding carboxylic acids is 2. The Bertz CT molecular complexity index is 1860. The number of rotatable bonds is 6. The molecule has 1 N–H and O–H groups in total. The fourth-order valence-electron chi connectivity index (χ4n) is 7.08. The Balaban J connectivity index is 1.41. The Kier molecular flexibility index (Phi) is 5.74. The molecule has 1 aliphatic heterocycles. The lowest BCUT2D eigenvalue weighted by Gasteiger charge is -2.52. The highest BCUT2D eigenvalue weighted by Crippen LogP contribution is 2.63. The lowest BCUT2D eigenvalue weighted by Crippen LogP contribution is -2.54. The molecule has 0 radical (unpaired) electrons. The number of nitro groups is 2. The summed E-state index contributed by atoms with van der Waals surface area (Å²) >= 11 is 0. The molecule has 2 unspecified atom stereocenters. The Morgan fingerprint density at radius 3 is 2.07 bits per heavy atom. The molecule has 8 rings (SSSR count). The second kappa shape index (κ2) is 9.41. The summed E-state index contributed by atoms with van der Waals surface area (Å²) in [5, 5.41) is 27.4. The molecule has 43 heavy (non-hydrogen) atoms. The van der Waals surface area contributed by atoms with E-state index in [4.69, 9.17) is 0 Å². The molecule has 0 spiro atoms. The minimum Gasteiger partial charge on any atom is -0.274 e. The van der Waals surface area contributed by atoms with Gasteiger partial charge in [0.25, 0.3) is 5.69 Å². The number of nitrogens with zero attached hydrogens (tertiary/aromatic N) is 4. The van der Waals surface area contributed by atoms with Crippen molar-refractivity contribution >= 4 is 40.8 Å². The van der Waals surface area contributed by atoms with Crippen LogP contribution in [0, 0.1) is 39.0 Å². The highest BCUT2D eigenvalue weighted by Gasteiger charge is 2.68. The zero-order chi connectivity index (χ0) is 30.0. The first-order valence-electron chi connectivity index (χ1n) is 13.6. The average Bonchev–Trinajstić information content (AvgIpc) is 3.28. The molecule has 2 amide bonds. The van der Waals surface area contributed by atoms with Crippen molar-refractivity contribution in [1.82, 2.24) is 0 Å². The van der Waals surface area contributed by atoms with E-state index < -0.39 is 38.5 Å². The number of anilines is 2. The highest BCUT2D eigenvalue weighted by molar-refractivity contribution is 6.25. The molecular weight excluding hydrogens is 550 g/mol. The van der Waals surface area contributed by atoms with E-state index in [0.29, 0.717) is 5.69 Å². The summed E-state index contributed by atoms with van der Waals surface area (Å²) in [7, 11) is 0. The number of aryl methyl sites for hydroxylation is 1. The van der Waals surface area contributed by atoms with Crippen molar-refractivity contribution in [3.8, 4) is 0 Å². The van der Waals surface area contributed by atoms with Gasteiger partial charge in [0.2, 0.25) is 11.8 Å². The first-order chi connectivity index (χ1) is 20.7. The molecule has 1 fully saturated rings. The smallest absolute Gasteiger partial charge is 0.274 e. The summed E-state index contributed by atoms with van der Waals surface area (Å²) in [6.45, 7) is 1.93. The van der Waals surface area contributed by atoms with Gasteiger partial charge in [0.1, 0.15) is 5.69 Å². The molecule has 4 aliphatic rings. The molecule has 11 nitrogen and oxygen atoms in total. The number of hydrogen-bond acceptors (Lipinski definition) is 8. The lowest BCUT2D eigenvalue weighted by molar-refractivity contribution is -0.393. The molecule has 3 aliphatic carbocycles. The monoisotopic (exact) mass is 573 g/mol. The second-order valence-corrected chi connectivity index (χ2v) is 11.0. The molecule has 1 saturated heterocycles. The van der Waals surface area contributed by atoms with E-state index in [2.05, 4.69) is 10.5 Å². The maximum Gasteiger partial charge on any atom is 0.301 e. The van der Waals surface area contributed by atoms with Crippen molar-refractivity contribution in [3.05, 3.63) is 139 Å². The van der Waals surface area contributed by atoms with Gasteiger partial charge in [-0.2, -0.15) is 5.10 Å². The van der Waals surface area contributed by atoms with E-state index in [1.807, 2.05) is 67.6 Å². The molecule has 0 aromatic heterocycles. The van der Waals surface area contributed by atoms with Gasteiger partial charge in [-0.25, -0.2) is 4.90 Å². The van der Waals surface area contributed by atoms with Crippen LogP contribution in [-0.4, -0.2) is 27.9 Å². The number of hydrogen-bond donors (Lipinski definition) is 1. The van der Waals surface area contributed by atoms with E-state index in [1.54, 1.807) is 18.3 Å². The maximum atomic E-state index is 14.4. The summed E-state index contributed by atoms with van der Waals surface area (Å²) < 4.78 is 0. The Morgan fingerprint density at radius 2 is 1.47 bits per heavy atom. The number of carbonyl (C=O) groups is 2. The van der Waals surface area contributed by atoms with Gasteiger partial charge < -0.3 is 0 Å². The zero-order valence-corrected chi connectivity index (χ0v) is 22.7. The Labute approximate surface area is 244 Å². The van der Waals surface area contributed by atoms with Gasteiger partial charge in [-0.05, 0) is 47.4 Å². The van der Waals surface area contributed by atoms with Crippen LogP contribution in [0.4, 0.5) is 22.7 Å². The number of non-ortho nitro benzene ring substituents is 1. The maximum absolute atomic E-state index is 14.4. The van der Waals surface area contributed by atoms with Gasteiger partial charge in [-0.1, -0.05) is 66.2 Å². The molecular formula is C32H23N5O6. The summed E-state index contributed by atoms with van der Waals surface area (Å²) in [5.41, 5.74) is 5.50. The van der Waals surface area contributed by atoms with Crippen molar-refractivity contribution in [2.75, 3.05) is 10.3 Å². The van der Waals surface area contributed by atoms with E-state index in [1.165, 1.54) is 11.0 Å². The predicted octanol–water partition coefficient (Wildman–Crippen LogP) is 5.46. The normalized spacial score (nSPS) is 23.2. The molecule has 2 atom stereocenters. The van der Waals surface area contributed by atoms with Crippen molar-refractivity contribution in [3.63, 3.8) is 0 Å². The third kappa shape index (κ3) is 3.64. The molecule has 212 valence electrons. The Morgan fingerprint density at radius 1 is 0.837 bits per heavy atom. The fraction of sp³-hybridized carbons (Fsp3) is 0.156. The van der Waals surface area contributed by atoms with Crippen LogP contribution in [0.5, 0.6) is 0 Å². The Hall–Kier alpha value is -5.71. The first-order valence-corrected chi connectivity index (χ1v) is 13.6. The van der Waals surface area contributed by atoms with Crippen LogP contribution in [-0.2, 0) is 15.0 Å². The summed E-state index contributed by atoms with van der Waals surface area (Å²) in [4.78, 5) is 51.4. The number of benzene rings is 4. The van der Waals surface area contributed by atoms with Crippen molar-refractivity contribution in [2.45, 2.75) is 18.3 Å². The summed E-state index contributed by atoms with van der Waals surface area (Å²) in [5.74, 6) is -2.50. The molecule has 11 heteroatoms. The summed E-state index contributed by atoms with van der Waals surface area (Å²) in [6.07, 6.45) is 1.56. The van der Waals surface area contributed by atoms with Crippen molar-refractivity contribution in [2.24, 2.45) is 16.9 Å². The van der Waals surface area contributed by atoms with Crippen LogP contribution >= 0.6 is 0 Å². The topological polar surface area (TPSA) is 148 Å². The number of nitro benzene ring substituents is 2. The van der Waals surface area contributed by atoms with Crippen LogP contribution in [0.1, 0.15) is 33.7 Å². The third-order valence-corrected chi connectivity index (χ3v) is 8.82. The van der Waals surface area contributed by atoms with Crippen LogP contribution in [0.15, 0.2) is 96.1 Å². The van der Waals surface area contributed by atoms with E-state index in [0.717, 1.165) is 39.9 Å². The SMILES string of the molecule is Cc1ccc(N2C(=O)C3C4c5ccccc5C(/C=N/Nc5ccc([N+](=O)[O-])cc5[N+](=O)[O-])(c5ccccc54)C3C2=O)cc1. The first kappa shape index (κ1) is 26.2. The summed E-state index contributed by atoms with van der Waals surface area (Å²) in [6, 6.07) is 25.8.